The highest BCUT2D eigenvalue weighted by molar-refractivity contribution is 5.98. The molecule has 0 aromatic heterocycles. The number of phenolic OH excluding ortho intramolecular Hbond substituents is 1. The summed E-state index contributed by atoms with van der Waals surface area (Å²) in [4.78, 5) is 21.9. The summed E-state index contributed by atoms with van der Waals surface area (Å²) in [6.07, 6.45) is 0. The van der Waals surface area contributed by atoms with Crippen molar-refractivity contribution in [3.63, 3.8) is 0 Å². The molecule has 0 fully saturated rings. The average molecular weight is 209 g/mol. The first-order valence-electron chi connectivity index (χ1n) is 4.34. The molecule has 1 rings (SSSR count). The van der Waals surface area contributed by atoms with Crippen LogP contribution in [0.2, 0.25) is 0 Å². The van der Waals surface area contributed by atoms with E-state index in [1.54, 1.807) is 12.1 Å². The molecule has 0 aliphatic rings. The van der Waals surface area contributed by atoms with Crippen molar-refractivity contribution in [1.82, 2.24) is 5.32 Å². The van der Waals surface area contributed by atoms with E-state index < -0.39 is 17.9 Å². The van der Waals surface area contributed by atoms with Gasteiger partial charge in [-0.15, -0.1) is 0 Å². The van der Waals surface area contributed by atoms with Crippen molar-refractivity contribution >= 4 is 11.9 Å². The predicted molar refractivity (Wildman–Crippen MR) is 52.7 cm³/mol. The highest BCUT2D eigenvalue weighted by Crippen LogP contribution is 2.15. The number of hydrogen-bond donors (Lipinski definition) is 3. The lowest BCUT2D eigenvalue weighted by Gasteiger charge is -2.09. The average Bonchev–Trinajstić information content (AvgIpc) is 2.18. The summed E-state index contributed by atoms with van der Waals surface area (Å²) in [5.74, 6) is -1.91. The van der Waals surface area contributed by atoms with Crippen molar-refractivity contribution in [2.75, 3.05) is 0 Å². The smallest absolute Gasteiger partial charge is 0.325 e. The van der Waals surface area contributed by atoms with Crippen LogP contribution in [-0.4, -0.2) is 28.1 Å². The van der Waals surface area contributed by atoms with Crippen molar-refractivity contribution < 1.29 is 19.8 Å². The van der Waals surface area contributed by atoms with Gasteiger partial charge in [-0.05, 0) is 19.1 Å². The Morgan fingerprint density at radius 3 is 2.47 bits per heavy atom. The molecule has 0 saturated carbocycles. The number of carboxylic acids is 1. The van der Waals surface area contributed by atoms with Gasteiger partial charge in [-0.3, -0.25) is 9.59 Å². The van der Waals surface area contributed by atoms with E-state index in [0.29, 0.717) is 0 Å². The van der Waals surface area contributed by atoms with Gasteiger partial charge in [-0.1, -0.05) is 12.1 Å². The zero-order valence-electron chi connectivity index (χ0n) is 8.10. The van der Waals surface area contributed by atoms with Gasteiger partial charge in [0.1, 0.15) is 11.8 Å². The van der Waals surface area contributed by atoms with Gasteiger partial charge in [0.25, 0.3) is 5.91 Å². The fourth-order valence-electron chi connectivity index (χ4n) is 1.00. The topological polar surface area (TPSA) is 86.6 Å². The van der Waals surface area contributed by atoms with Gasteiger partial charge >= 0.3 is 5.97 Å². The van der Waals surface area contributed by atoms with Crippen LogP contribution in [0.15, 0.2) is 24.3 Å². The first-order valence-corrected chi connectivity index (χ1v) is 4.34. The standard InChI is InChI=1S/C10H11NO4/c1-6(10(14)15)11-9(13)7-4-2-3-5-8(7)12/h2-6,12H,1H3,(H,11,13)(H,14,15)/t6-/m1/s1. The van der Waals surface area contributed by atoms with Crippen molar-refractivity contribution in [1.29, 1.82) is 0 Å². The lowest BCUT2D eigenvalue weighted by Crippen LogP contribution is -2.38. The summed E-state index contributed by atoms with van der Waals surface area (Å²) in [7, 11) is 0. The minimum Gasteiger partial charge on any atom is -0.507 e. The zero-order valence-corrected chi connectivity index (χ0v) is 8.10. The normalized spacial score (nSPS) is 11.8. The van der Waals surface area contributed by atoms with Crippen LogP contribution in [0.25, 0.3) is 0 Å². The van der Waals surface area contributed by atoms with Gasteiger partial charge in [0.2, 0.25) is 0 Å². The van der Waals surface area contributed by atoms with Crippen LogP contribution in [0.4, 0.5) is 0 Å². The Hall–Kier alpha value is -2.04. The number of aromatic hydroxyl groups is 1. The number of phenols is 1. The van der Waals surface area contributed by atoms with E-state index in [-0.39, 0.29) is 11.3 Å². The molecule has 0 aliphatic heterocycles. The highest BCUT2D eigenvalue weighted by atomic mass is 16.4. The van der Waals surface area contributed by atoms with E-state index in [9.17, 15) is 14.7 Å². The largest absolute Gasteiger partial charge is 0.507 e. The summed E-state index contributed by atoms with van der Waals surface area (Å²) in [6.45, 7) is 1.35. The highest BCUT2D eigenvalue weighted by Gasteiger charge is 2.16. The minimum absolute atomic E-state index is 0.0607. The molecule has 80 valence electrons. The molecule has 3 N–H and O–H groups in total. The molecule has 5 nitrogen and oxygen atoms in total. The Balaban J connectivity index is 2.78. The van der Waals surface area contributed by atoms with Crippen LogP contribution in [-0.2, 0) is 4.79 Å². The molecule has 1 amide bonds. The summed E-state index contributed by atoms with van der Waals surface area (Å²) in [6, 6.07) is 4.95. The summed E-state index contributed by atoms with van der Waals surface area (Å²) < 4.78 is 0. The van der Waals surface area contributed by atoms with Crippen LogP contribution in [0.5, 0.6) is 5.75 Å². The maximum atomic E-state index is 11.4. The van der Waals surface area contributed by atoms with Crippen LogP contribution in [0.3, 0.4) is 0 Å². The Morgan fingerprint density at radius 1 is 1.33 bits per heavy atom. The van der Waals surface area contributed by atoms with Gasteiger partial charge in [0, 0.05) is 0 Å². The number of carbonyl (C=O) groups excluding carboxylic acids is 1. The maximum absolute atomic E-state index is 11.4. The number of para-hydroxylation sites is 1. The Kier molecular flexibility index (Phi) is 3.28. The molecule has 0 aliphatic carbocycles. The molecule has 0 saturated heterocycles. The molecule has 0 heterocycles. The molecule has 0 bridgehead atoms. The van der Waals surface area contributed by atoms with Crippen LogP contribution >= 0.6 is 0 Å². The molecule has 1 aromatic rings. The first-order chi connectivity index (χ1) is 7.02. The monoisotopic (exact) mass is 209 g/mol. The molecular weight excluding hydrogens is 198 g/mol. The molecule has 1 atom stereocenters. The van der Waals surface area contributed by atoms with Crippen LogP contribution in [0, 0.1) is 0 Å². The van der Waals surface area contributed by atoms with Crippen molar-refractivity contribution in [2.24, 2.45) is 0 Å². The van der Waals surface area contributed by atoms with Crippen molar-refractivity contribution in [2.45, 2.75) is 13.0 Å². The lowest BCUT2D eigenvalue weighted by atomic mass is 10.2. The number of nitrogens with one attached hydrogen (secondary N) is 1. The van der Waals surface area contributed by atoms with Crippen LogP contribution < -0.4 is 5.32 Å². The third-order valence-electron chi connectivity index (χ3n) is 1.87. The summed E-state index contributed by atoms with van der Waals surface area (Å²) in [5.41, 5.74) is 0.0607. The number of aliphatic carboxylic acids is 1. The van der Waals surface area contributed by atoms with E-state index in [1.165, 1.54) is 19.1 Å². The van der Waals surface area contributed by atoms with E-state index in [2.05, 4.69) is 5.32 Å². The number of rotatable bonds is 3. The van der Waals surface area contributed by atoms with Crippen molar-refractivity contribution in [3.05, 3.63) is 29.8 Å². The SMILES string of the molecule is C[C@@H](NC(=O)c1ccccc1O)C(=O)O. The van der Waals surface area contributed by atoms with Crippen LogP contribution in [0.1, 0.15) is 17.3 Å². The van der Waals surface area contributed by atoms with E-state index >= 15 is 0 Å². The number of hydrogen-bond acceptors (Lipinski definition) is 3. The molecular formula is C10H11NO4. The minimum atomic E-state index is -1.13. The number of carboxylic acid groups (broad SMARTS) is 1. The molecule has 1 aromatic carbocycles. The van der Waals surface area contributed by atoms with Crippen molar-refractivity contribution in [3.8, 4) is 5.75 Å². The van der Waals surface area contributed by atoms with E-state index in [4.69, 9.17) is 5.11 Å². The molecule has 0 spiro atoms. The Bertz CT molecular complexity index is 389. The first kappa shape index (κ1) is 11.0. The van der Waals surface area contributed by atoms with Gasteiger partial charge in [0.05, 0.1) is 5.56 Å². The van der Waals surface area contributed by atoms with Gasteiger partial charge in [0.15, 0.2) is 0 Å². The predicted octanol–water partition coefficient (Wildman–Crippen LogP) is 0.595. The van der Waals surface area contributed by atoms with E-state index in [1.807, 2.05) is 0 Å². The second-order valence-corrected chi connectivity index (χ2v) is 3.05. The van der Waals surface area contributed by atoms with Gasteiger partial charge in [-0.2, -0.15) is 0 Å². The number of amides is 1. The fraction of sp³-hybridized carbons (Fsp3) is 0.200. The van der Waals surface area contributed by atoms with Gasteiger partial charge < -0.3 is 15.5 Å². The Labute approximate surface area is 86.4 Å². The second kappa shape index (κ2) is 4.45. The molecule has 15 heavy (non-hydrogen) atoms. The summed E-state index contributed by atoms with van der Waals surface area (Å²) in [5, 5.41) is 20.1. The van der Waals surface area contributed by atoms with E-state index in [0.717, 1.165) is 0 Å². The fourth-order valence-corrected chi connectivity index (χ4v) is 1.00. The maximum Gasteiger partial charge on any atom is 0.325 e. The third-order valence-corrected chi connectivity index (χ3v) is 1.87. The van der Waals surface area contributed by atoms with Gasteiger partial charge in [-0.25, -0.2) is 0 Å². The molecule has 0 unspecified atom stereocenters. The molecule has 5 heteroatoms. The second-order valence-electron chi connectivity index (χ2n) is 3.05. The number of benzene rings is 1. The number of carbonyl (C=O) groups is 2. The summed E-state index contributed by atoms with van der Waals surface area (Å²) >= 11 is 0. The zero-order chi connectivity index (χ0) is 11.4. The lowest BCUT2D eigenvalue weighted by molar-refractivity contribution is -0.138. The Morgan fingerprint density at radius 2 is 1.93 bits per heavy atom. The quantitative estimate of drug-likeness (QED) is 0.680. The molecule has 0 radical (unpaired) electrons. The third kappa shape index (κ3) is 2.70.